The lowest BCUT2D eigenvalue weighted by atomic mass is 10.1. The van der Waals surface area contributed by atoms with Gasteiger partial charge in [0, 0.05) is 35.6 Å². The minimum atomic E-state index is -0.282. The summed E-state index contributed by atoms with van der Waals surface area (Å²) in [5.41, 5.74) is 3.46. The first-order chi connectivity index (χ1) is 12.1. The van der Waals surface area contributed by atoms with E-state index in [0.29, 0.717) is 0 Å². The lowest BCUT2D eigenvalue weighted by molar-refractivity contribution is 0.343. The molecule has 3 aromatic rings. The van der Waals surface area contributed by atoms with E-state index in [1.807, 2.05) is 22.9 Å². The number of aliphatic hydroxyl groups excluding tert-OH is 1. The Balaban J connectivity index is 2.30. The van der Waals surface area contributed by atoms with Crippen molar-refractivity contribution >= 4 is 6.20 Å². The molecule has 3 rings (SSSR count). The number of hydrogen-bond donors (Lipinski definition) is 1. The zero-order valence-corrected chi connectivity index (χ0v) is 14.2. The molecule has 0 aliphatic carbocycles. The van der Waals surface area contributed by atoms with Gasteiger partial charge >= 0.3 is 0 Å². The predicted octanol–water partition coefficient (Wildman–Crippen LogP) is 4.34. The predicted molar refractivity (Wildman–Crippen MR) is 97.4 cm³/mol. The molecule has 0 aliphatic heterocycles. The van der Waals surface area contributed by atoms with Crippen LogP contribution in [0.25, 0.3) is 28.7 Å². The zero-order chi connectivity index (χ0) is 17.8. The molecule has 0 saturated carbocycles. The molecular formula is C20H20FN3O. The minimum Gasteiger partial charge on any atom is -0.392 e. The molecule has 0 amide bonds. The van der Waals surface area contributed by atoms with E-state index < -0.39 is 0 Å². The molecule has 25 heavy (non-hydrogen) atoms. The molecule has 0 fully saturated rings. The van der Waals surface area contributed by atoms with Crippen molar-refractivity contribution in [2.45, 2.75) is 19.8 Å². The number of benzene rings is 1. The standard InChI is InChI=1S/C20H20FN3O/c1-14(2)20-23-18(15-8-10-22-11-9-15)19(24(20)12-3-13-25)16-4-6-17(21)7-5-16/h3-12,14,25H,13H2,1-2H3. The topological polar surface area (TPSA) is 50.9 Å². The van der Waals surface area contributed by atoms with Crippen molar-refractivity contribution in [3.8, 4) is 22.5 Å². The summed E-state index contributed by atoms with van der Waals surface area (Å²) < 4.78 is 15.3. The second-order valence-corrected chi connectivity index (χ2v) is 6.00. The minimum absolute atomic E-state index is 0.0663. The molecule has 0 aliphatic rings. The Bertz CT molecular complexity index is 868. The Hall–Kier alpha value is -2.79. The molecule has 2 heterocycles. The summed E-state index contributed by atoms with van der Waals surface area (Å²) in [5.74, 6) is 0.768. The second-order valence-electron chi connectivity index (χ2n) is 6.00. The third-order valence-electron chi connectivity index (χ3n) is 3.89. The third-order valence-corrected chi connectivity index (χ3v) is 3.89. The Morgan fingerprint density at radius 3 is 2.36 bits per heavy atom. The molecule has 0 saturated heterocycles. The number of rotatable bonds is 5. The molecule has 0 atom stereocenters. The summed E-state index contributed by atoms with van der Waals surface area (Å²) in [4.78, 5) is 8.91. The van der Waals surface area contributed by atoms with Crippen molar-refractivity contribution < 1.29 is 9.50 Å². The first kappa shape index (κ1) is 17.0. The highest BCUT2D eigenvalue weighted by Crippen LogP contribution is 2.35. The molecule has 0 radical (unpaired) electrons. The van der Waals surface area contributed by atoms with E-state index in [-0.39, 0.29) is 18.3 Å². The Kier molecular flexibility index (Phi) is 5.05. The monoisotopic (exact) mass is 337 g/mol. The van der Waals surface area contributed by atoms with Crippen LogP contribution in [-0.4, -0.2) is 26.2 Å². The van der Waals surface area contributed by atoms with Gasteiger partial charge in [0.2, 0.25) is 0 Å². The van der Waals surface area contributed by atoms with E-state index in [1.54, 1.807) is 30.6 Å². The number of pyridine rings is 1. The van der Waals surface area contributed by atoms with E-state index in [9.17, 15) is 9.50 Å². The van der Waals surface area contributed by atoms with Crippen molar-refractivity contribution in [3.63, 3.8) is 0 Å². The van der Waals surface area contributed by atoms with Gasteiger partial charge < -0.3 is 9.67 Å². The van der Waals surface area contributed by atoms with Crippen LogP contribution < -0.4 is 0 Å². The number of imidazole rings is 1. The summed E-state index contributed by atoms with van der Waals surface area (Å²) in [6.45, 7) is 4.07. The molecule has 0 bridgehead atoms. The van der Waals surface area contributed by atoms with Crippen LogP contribution in [0.15, 0.2) is 54.9 Å². The van der Waals surface area contributed by atoms with Gasteiger partial charge in [-0.3, -0.25) is 4.98 Å². The van der Waals surface area contributed by atoms with Gasteiger partial charge in [-0.2, -0.15) is 0 Å². The van der Waals surface area contributed by atoms with Crippen LogP contribution in [0.5, 0.6) is 0 Å². The van der Waals surface area contributed by atoms with E-state index >= 15 is 0 Å². The van der Waals surface area contributed by atoms with Gasteiger partial charge in [-0.1, -0.05) is 13.8 Å². The smallest absolute Gasteiger partial charge is 0.123 e. The molecule has 128 valence electrons. The van der Waals surface area contributed by atoms with Crippen molar-refractivity contribution in [1.82, 2.24) is 14.5 Å². The van der Waals surface area contributed by atoms with Crippen LogP contribution in [0.2, 0.25) is 0 Å². The molecule has 5 heteroatoms. The van der Waals surface area contributed by atoms with Crippen LogP contribution in [-0.2, 0) is 0 Å². The highest BCUT2D eigenvalue weighted by atomic mass is 19.1. The fourth-order valence-electron chi connectivity index (χ4n) is 2.76. The third kappa shape index (κ3) is 3.51. The molecule has 2 aromatic heterocycles. The Morgan fingerprint density at radius 2 is 1.76 bits per heavy atom. The SMILES string of the molecule is CC(C)c1nc(-c2ccncc2)c(-c2ccc(F)cc2)n1C=CCO. The van der Waals surface area contributed by atoms with E-state index in [2.05, 4.69) is 18.8 Å². The van der Waals surface area contributed by atoms with E-state index in [0.717, 1.165) is 28.3 Å². The summed E-state index contributed by atoms with van der Waals surface area (Å²) in [6, 6.07) is 10.2. The van der Waals surface area contributed by atoms with Gasteiger partial charge in [-0.15, -0.1) is 0 Å². The molecular weight excluding hydrogens is 317 g/mol. The number of aromatic nitrogens is 3. The van der Waals surface area contributed by atoms with Crippen LogP contribution in [0.3, 0.4) is 0 Å². The lowest BCUT2D eigenvalue weighted by Crippen LogP contribution is -2.01. The largest absolute Gasteiger partial charge is 0.392 e. The van der Waals surface area contributed by atoms with Crippen molar-refractivity contribution in [2.24, 2.45) is 0 Å². The zero-order valence-electron chi connectivity index (χ0n) is 14.2. The summed E-state index contributed by atoms with van der Waals surface area (Å²) >= 11 is 0. The molecule has 1 N–H and O–H groups in total. The average molecular weight is 337 g/mol. The molecule has 0 spiro atoms. The van der Waals surface area contributed by atoms with Gasteiger partial charge in [0.1, 0.15) is 11.6 Å². The van der Waals surface area contributed by atoms with Gasteiger partial charge in [0.25, 0.3) is 0 Å². The highest BCUT2D eigenvalue weighted by molar-refractivity contribution is 5.80. The summed E-state index contributed by atoms with van der Waals surface area (Å²) in [5, 5.41) is 9.20. The fourth-order valence-corrected chi connectivity index (χ4v) is 2.76. The van der Waals surface area contributed by atoms with Gasteiger partial charge in [-0.05, 0) is 42.5 Å². The quantitative estimate of drug-likeness (QED) is 0.753. The normalized spacial score (nSPS) is 11.6. The number of hydrogen-bond acceptors (Lipinski definition) is 3. The number of aliphatic hydroxyl groups is 1. The van der Waals surface area contributed by atoms with Crippen molar-refractivity contribution in [1.29, 1.82) is 0 Å². The maximum Gasteiger partial charge on any atom is 0.123 e. The Morgan fingerprint density at radius 1 is 1.08 bits per heavy atom. The maximum absolute atomic E-state index is 13.4. The van der Waals surface area contributed by atoms with Crippen LogP contribution in [0.1, 0.15) is 25.6 Å². The lowest BCUT2D eigenvalue weighted by Gasteiger charge is -2.10. The first-order valence-electron chi connectivity index (χ1n) is 8.17. The molecule has 4 nitrogen and oxygen atoms in total. The van der Waals surface area contributed by atoms with Crippen LogP contribution in [0, 0.1) is 5.82 Å². The Labute approximate surface area is 146 Å². The fraction of sp³-hybridized carbons (Fsp3) is 0.200. The van der Waals surface area contributed by atoms with E-state index in [1.165, 1.54) is 12.1 Å². The van der Waals surface area contributed by atoms with Crippen LogP contribution in [0.4, 0.5) is 4.39 Å². The summed E-state index contributed by atoms with van der Waals surface area (Å²) in [6.07, 6.45) is 6.92. The average Bonchev–Trinajstić information content (AvgIpc) is 3.01. The highest BCUT2D eigenvalue weighted by Gasteiger charge is 2.20. The number of halogens is 1. The molecule has 0 unspecified atom stereocenters. The van der Waals surface area contributed by atoms with Crippen molar-refractivity contribution in [3.05, 3.63) is 66.5 Å². The second kappa shape index (κ2) is 7.40. The van der Waals surface area contributed by atoms with Gasteiger partial charge in [0.15, 0.2) is 0 Å². The van der Waals surface area contributed by atoms with Gasteiger partial charge in [-0.25, -0.2) is 9.37 Å². The maximum atomic E-state index is 13.4. The van der Waals surface area contributed by atoms with E-state index in [4.69, 9.17) is 4.98 Å². The van der Waals surface area contributed by atoms with Crippen molar-refractivity contribution in [2.75, 3.05) is 6.61 Å². The van der Waals surface area contributed by atoms with Gasteiger partial charge in [0.05, 0.1) is 18.0 Å². The number of nitrogens with zero attached hydrogens (tertiary/aromatic N) is 3. The summed E-state index contributed by atoms with van der Waals surface area (Å²) in [7, 11) is 0. The molecule has 1 aromatic carbocycles. The van der Waals surface area contributed by atoms with Crippen LogP contribution >= 0.6 is 0 Å². The first-order valence-corrected chi connectivity index (χ1v) is 8.17.